The van der Waals surface area contributed by atoms with E-state index in [1.807, 2.05) is 61.5 Å². The molecule has 3 aromatic carbocycles. The Morgan fingerprint density at radius 2 is 1.84 bits per heavy atom. The first-order valence-electron chi connectivity index (χ1n) is 10.2. The van der Waals surface area contributed by atoms with Gasteiger partial charge in [-0.1, -0.05) is 48.5 Å². The minimum Gasteiger partial charge on any atom is -0.311 e. The fourth-order valence-corrected chi connectivity index (χ4v) is 5.96. The Kier molecular flexibility index (Phi) is 4.82. The molecule has 2 heterocycles. The maximum absolute atomic E-state index is 13.9. The van der Waals surface area contributed by atoms with Crippen LogP contribution in [0.4, 0.5) is 10.1 Å². The van der Waals surface area contributed by atoms with Crippen molar-refractivity contribution in [2.75, 3.05) is 17.2 Å². The molecule has 0 N–H and O–H groups in total. The van der Waals surface area contributed by atoms with E-state index in [-0.39, 0.29) is 24.2 Å². The number of fused-ring (bicyclic) bond motifs is 2. The first kappa shape index (κ1) is 19.8. The van der Waals surface area contributed by atoms with Gasteiger partial charge in [-0.05, 0) is 42.3 Å². The van der Waals surface area contributed by atoms with Gasteiger partial charge in [0.25, 0.3) is 11.8 Å². The molecule has 3 aromatic rings. The van der Waals surface area contributed by atoms with Gasteiger partial charge in [0.2, 0.25) is 0 Å². The van der Waals surface area contributed by atoms with Crippen LogP contribution in [0.2, 0.25) is 0 Å². The summed E-state index contributed by atoms with van der Waals surface area (Å²) in [7, 11) is 0. The predicted octanol–water partition coefficient (Wildman–Crippen LogP) is 4.72. The zero-order chi connectivity index (χ0) is 21.6. The molecule has 0 saturated carbocycles. The van der Waals surface area contributed by atoms with Crippen molar-refractivity contribution in [2.24, 2.45) is 0 Å². The molecule has 1 spiro atoms. The van der Waals surface area contributed by atoms with Crippen LogP contribution < -0.4 is 4.90 Å². The molecule has 1 saturated heterocycles. The van der Waals surface area contributed by atoms with E-state index in [2.05, 4.69) is 0 Å². The lowest BCUT2D eigenvalue weighted by Crippen LogP contribution is -2.50. The number of para-hydroxylation sites is 1. The number of carbonyl (C=O) groups is 2. The van der Waals surface area contributed by atoms with E-state index >= 15 is 0 Å². The van der Waals surface area contributed by atoms with Gasteiger partial charge in [0.05, 0.1) is 12.2 Å². The number of nitrogens with zero attached hydrogens (tertiary/aromatic N) is 2. The van der Waals surface area contributed by atoms with E-state index < -0.39 is 4.87 Å². The largest absolute Gasteiger partial charge is 0.311 e. The van der Waals surface area contributed by atoms with Crippen LogP contribution in [0.15, 0.2) is 72.8 Å². The molecular weight excluding hydrogens is 411 g/mol. The van der Waals surface area contributed by atoms with Gasteiger partial charge >= 0.3 is 0 Å². The third-order valence-corrected chi connectivity index (χ3v) is 7.37. The van der Waals surface area contributed by atoms with Crippen LogP contribution in [-0.2, 0) is 16.2 Å². The predicted molar refractivity (Wildman–Crippen MR) is 120 cm³/mol. The highest BCUT2D eigenvalue weighted by atomic mass is 32.2. The van der Waals surface area contributed by atoms with E-state index in [1.165, 1.54) is 23.9 Å². The van der Waals surface area contributed by atoms with Gasteiger partial charge in [-0.2, -0.15) is 0 Å². The number of rotatable bonds is 3. The highest BCUT2D eigenvalue weighted by Gasteiger charge is 2.59. The molecule has 156 valence electrons. The topological polar surface area (TPSA) is 40.6 Å². The molecule has 4 nitrogen and oxygen atoms in total. The Morgan fingerprint density at radius 3 is 2.65 bits per heavy atom. The van der Waals surface area contributed by atoms with Crippen LogP contribution >= 0.6 is 11.8 Å². The average molecular weight is 433 g/mol. The molecule has 1 atom stereocenters. The molecule has 2 amide bonds. The van der Waals surface area contributed by atoms with Crippen LogP contribution in [0, 0.1) is 12.7 Å². The minimum atomic E-state index is -1.09. The maximum atomic E-state index is 13.9. The number of amides is 2. The summed E-state index contributed by atoms with van der Waals surface area (Å²) in [5.41, 5.74) is 3.79. The summed E-state index contributed by atoms with van der Waals surface area (Å²) in [6.45, 7) is 2.65. The minimum absolute atomic E-state index is 0.140. The van der Waals surface area contributed by atoms with Gasteiger partial charge in [-0.3, -0.25) is 9.59 Å². The van der Waals surface area contributed by atoms with Crippen molar-refractivity contribution in [3.8, 4) is 0 Å². The van der Waals surface area contributed by atoms with Crippen molar-refractivity contribution >= 4 is 29.3 Å². The highest BCUT2D eigenvalue weighted by Crippen LogP contribution is 2.54. The zero-order valence-corrected chi connectivity index (χ0v) is 17.9. The average Bonchev–Trinajstić information content (AvgIpc) is 3.31. The summed E-state index contributed by atoms with van der Waals surface area (Å²) in [6, 6.07) is 21.4. The van der Waals surface area contributed by atoms with Gasteiger partial charge in [-0.15, -0.1) is 11.8 Å². The summed E-state index contributed by atoms with van der Waals surface area (Å²) in [5, 5.41) is 0. The van der Waals surface area contributed by atoms with Gasteiger partial charge in [0.15, 0.2) is 4.87 Å². The van der Waals surface area contributed by atoms with E-state index in [1.54, 1.807) is 15.9 Å². The lowest BCUT2D eigenvalue weighted by atomic mass is 10.0. The molecule has 2 aliphatic rings. The SMILES string of the molecule is Cc1ccccc1C(=O)N1CCS[C@@]12C(=O)N(Cc1cccc(F)c1)c1ccccc12. The zero-order valence-electron chi connectivity index (χ0n) is 17.0. The molecule has 0 aliphatic carbocycles. The number of hydrogen-bond acceptors (Lipinski definition) is 3. The number of carbonyl (C=O) groups excluding carboxylic acids is 2. The van der Waals surface area contributed by atoms with Gasteiger partial charge in [-0.25, -0.2) is 4.39 Å². The highest BCUT2D eigenvalue weighted by molar-refractivity contribution is 8.01. The van der Waals surface area contributed by atoms with Crippen molar-refractivity contribution in [1.82, 2.24) is 4.90 Å². The van der Waals surface area contributed by atoms with Gasteiger partial charge < -0.3 is 9.80 Å². The maximum Gasteiger partial charge on any atom is 0.268 e. The normalized spacial score (nSPS) is 19.9. The van der Waals surface area contributed by atoms with Crippen molar-refractivity contribution in [2.45, 2.75) is 18.3 Å². The summed E-state index contributed by atoms with van der Waals surface area (Å²) >= 11 is 1.50. The van der Waals surface area contributed by atoms with E-state index in [4.69, 9.17) is 0 Å². The van der Waals surface area contributed by atoms with Crippen molar-refractivity contribution in [1.29, 1.82) is 0 Å². The first-order valence-corrected chi connectivity index (χ1v) is 11.2. The summed E-state index contributed by atoms with van der Waals surface area (Å²) in [4.78, 5) is 29.8. The molecule has 5 rings (SSSR count). The Labute approximate surface area is 184 Å². The molecule has 6 heteroatoms. The molecule has 0 aromatic heterocycles. The van der Waals surface area contributed by atoms with Crippen LogP contribution in [0.5, 0.6) is 0 Å². The summed E-state index contributed by atoms with van der Waals surface area (Å²) < 4.78 is 13.8. The van der Waals surface area contributed by atoms with Crippen LogP contribution in [0.1, 0.15) is 27.0 Å². The van der Waals surface area contributed by atoms with Crippen molar-refractivity contribution in [3.63, 3.8) is 0 Å². The molecule has 2 aliphatic heterocycles. The number of anilines is 1. The molecule has 31 heavy (non-hydrogen) atoms. The third-order valence-electron chi connectivity index (χ3n) is 5.95. The Morgan fingerprint density at radius 1 is 1.06 bits per heavy atom. The fraction of sp³-hybridized carbons (Fsp3) is 0.200. The molecular formula is C25H21FN2O2S. The fourth-order valence-electron chi connectivity index (χ4n) is 4.50. The number of aryl methyl sites for hydroxylation is 1. The van der Waals surface area contributed by atoms with E-state index in [0.29, 0.717) is 23.4 Å². The number of halogens is 1. The smallest absolute Gasteiger partial charge is 0.268 e. The van der Waals surface area contributed by atoms with Crippen LogP contribution in [0.3, 0.4) is 0 Å². The molecule has 0 radical (unpaired) electrons. The summed E-state index contributed by atoms with van der Waals surface area (Å²) in [5.74, 6) is 0.0471. The molecule has 1 fully saturated rings. The van der Waals surface area contributed by atoms with Crippen molar-refractivity contribution < 1.29 is 14.0 Å². The van der Waals surface area contributed by atoms with E-state index in [9.17, 15) is 14.0 Å². The standard InChI is InChI=1S/C25H21FN2O2S/c1-17-7-2-3-10-20(17)23(29)28-13-14-31-25(28)21-11-4-5-12-22(21)27(24(25)30)16-18-8-6-9-19(26)15-18/h2-12,15H,13-14,16H2,1H3/t25-/m0/s1. The monoisotopic (exact) mass is 432 g/mol. The Balaban J connectivity index is 1.59. The number of hydrogen-bond donors (Lipinski definition) is 0. The third kappa shape index (κ3) is 3.05. The van der Waals surface area contributed by atoms with Crippen LogP contribution in [0.25, 0.3) is 0 Å². The second kappa shape index (κ2) is 7.54. The van der Waals surface area contributed by atoms with Crippen molar-refractivity contribution in [3.05, 3.63) is 101 Å². The lowest BCUT2D eigenvalue weighted by molar-refractivity contribution is -0.123. The Hall–Kier alpha value is -3.12. The molecule has 0 unspecified atom stereocenters. The lowest BCUT2D eigenvalue weighted by Gasteiger charge is -2.33. The quantitative estimate of drug-likeness (QED) is 0.601. The number of thioether (sulfide) groups is 1. The second-order valence-corrected chi connectivity index (χ2v) is 9.09. The van der Waals surface area contributed by atoms with E-state index in [0.717, 1.165) is 16.8 Å². The van der Waals surface area contributed by atoms with Crippen LogP contribution in [-0.4, -0.2) is 29.0 Å². The van der Waals surface area contributed by atoms with Gasteiger partial charge in [0, 0.05) is 23.4 Å². The Bertz CT molecular complexity index is 1200. The first-order chi connectivity index (χ1) is 15.0. The number of benzene rings is 3. The second-order valence-electron chi connectivity index (χ2n) is 7.80. The van der Waals surface area contributed by atoms with Gasteiger partial charge in [0.1, 0.15) is 5.82 Å². The molecule has 0 bridgehead atoms. The summed E-state index contributed by atoms with van der Waals surface area (Å²) in [6.07, 6.45) is 0.